The van der Waals surface area contributed by atoms with E-state index in [9.17, 15) is 8.78 Å². The molecule has 17 heavy (non-hydrogen) atoms. The lowest BCUT2D eigenvalue weighted by molar-refractivity contribution is 0.285. The molecule has 0 spiro atoms. The molecule has 0 unspecified atom stereocenters. The summed E-state index contributed by atoms with van der Waals surface area (Å²) >= 11 is 1.68. The van der Waals surface area contributed by atoms with Gasteiger partial charge in [-0.05, 0) is 43.2 Å². The topological polar surface area (TPSA) is 21.3 Å². The molecule has 2 nitrogen and oxygen atoms in total. The zero-order valence-corrected chi connectivity index (χ0v) is 10.9. The molecule has 0 atom stereocenters. The molecular weight excluding hydrogens is 244 g/mol. The molecule has 1 rings (SSSR count). The van der Waals surface area contributed by atoms with Crippen molar-refractivity contribution in [1.82, 2.24) is 5.32 Å². The molecule has 0 saturated heterocycles. The maximum Gasteiger partial charge on any atom is 0.190 e. The van der Waals surface area contributed by atoms with E-state index in [0.29, 0.717) is 18.7 Å². The summed E-state index contributed by atoms with van der Waals surface area (Å²) in [6, 6.07) is 2.59. The van der Waals surface area contributed by atoms with Gasteiger partial charge in [0.15, 0.2) is 17.4 Å². The van der Waals surface area contributed by atoms with E-state index in [4.69, 9.17) is 4.74 Å². The summed E-state index contributed by atoms with van der Waals surface area (Å²) in [4.78, 5) is 0. The molecule has 0 fully saturated rings. The summed E-state index contributed by atoms with van der Waals surface area (Å²) in [5, 5.41) is 2.84. The minimum Gasteiger partial charge on any atom is -0.488 e. The van der Waals surface area contributed by atoms with Crippen LogP contribution in [-0.4, -0.2) is 25.7 Å². The van der Waals surface area contributed by atoms with E-state index in [1.807, 2.05) is 6.26 Å². The SMILES string of the molecule is CNCc1cc(F)c(OCCCSC)c(F)c1. The van der Waals surface area contributed by atoms with Crippen LogP contribution in [0.2, 0.25) is 0 Å². The van der Waals surface area contributed by atoms with Gasteiger partial charge in [-0.3, -0.25) is 0 Å². The highest BCUT2D eigenvalue weighted by Crippen LogP contribution is 2.23. The van der Waals surface area contributed by atoms with Crippen molar-refractivity contribution in [2.45, 2.75) is 13.0 Å². The number of halogens is 2. The number of benzene rings is 1. The Morgan fingerprint density at radius 3 is 2.47 bits per heavy atom. The molecule has 1 aromatic carbocycles. The zero-order valence-electron chi connectivity index (χ0n) is 10.1. The van der Waals surface area contributed by atoms with Gasteiger partial charge < -0.3 is 10.1 Å². The van der Waals surface area contributed by atoms with Crippen LogP contribution in [0, 0.1) is 11.6 Å². The van der Waals surface area contributed by atoms with Crippen molar-refractivity contribution in [3.05, 3.63) is 29.3 Å². The van der Waals surface area contributed by atoms with Crippen molar-refractivity contribution in [2.75, 3.05) is 25.7 Å². The van der Waals surface area contributed by atoms with Crippen molar-refractivity contribution in [3.8, 4) is 5.75 Å². The molecule has 0 aliphatic rings. The second-order valence-corrected chi connectivity index (χ2v) is 4.60. The lowest BCUT2D eigenvalue weighted by atomic mass is 10.2. The van der Waals surface area contributed by atoms with E-state index >= 15 is 0 Å². The molecule has 0 aliphatic heterocycles. The first-order chi connectivity index (χ1) is 8.19. The number of rotatable bonds is 7. The largest absolute Gasteiger partial charge is 0.488 e. The second kappa shape index (κ2) is 7.50. The molecule has 0 aliphatic carbocycles. The lowest BCUT2D eigenvalue weighted by Crippen LogP contribution is -2.08. The average Bonchev–Trinajstić information content (AvgIpc) is 2.27. The van der Waals surface area contributed by atoms with Crippen LogP contribution in [-0.2, 0) is 6.54 Å². The van der Waals surface area contributed by atoms with Gasteiger partial charge >= 0.3 is 0 Å². The Morgan fingerprint density at radius 1 is 1.29 bits per heavy atom. The first-order valence-electron chi connectivity index (χ1n) is 5.43. The number of thioether (sulfide) groups is 1. The molecule has 96 valence electrons. The van der Waals surface area contributed by atoms with Gasteiger partial charge in [-0.15, -0.1) is 0 Å². The van der Waals surface area contributed by atoms with Gasteiger partial charge in [0.2, 0.25) is 0 Å². The molecule has 0 amide bonds. The molecule has 0 aromatic heterocycles. The fourth-order valence-electron chi connectivity index (χ4n) is 1.43. The van der Waals surface area contributed by atoms with Gasteiger partial charge in [0.05, 0.1) is 6.61 Å². The fraction of sp³-hybridized carbons (Fsp3) is 0.500. The third kappa shape index (κ3) is 4.52. The van der Waals surface area contributed by atoms with E-state index in [0.717, 1.165) is 12.2 Å². The number of nitrogens with one attached hydrogen (secondary N) is 1. The molecular formula is C12H17F2NOS. The Bertz CT molecular complexity index is 337. The lowest BCUT2D eigenvalue weighted by Gasteiger charge is -2.09. The summed E-state index contributed by atoms with van der Waals surface area (Å²) < 4.78 is 32.2. The molecule has 0 bridgehead atoms. The van der Waals surface area contributed by atoms with E-state index in [1.165, 1.54) is 12.1 Å². The third-order valence-corrected chi connectivity index (χ3v) is 2.88. The monoisotopic (exact) mass is 261 g/mol. The van der Waals surface area contributed by atoms with Crippen LogP contribution < -0.4 is 10.1 Å². The Kier molecular flexibility index (Phi) is 6.29. The van der Waals surface area contributed by atoms with Crippen LogP contribution in [0.5, 0.6) is 5.75 Å². The van der Waals surface area contributed by atoms with Gasteiger partial charge in [-0.1, -0.05) is 0 Å². The van der Waals surface area contributed by atoms with Gasteiger partial charge in [-0.25, -0.2) is 8.78 Å². The second-order valence-electron chi connectivity index (χ2n) is 3.61. The molecule has 5 heteroatoms. The van der Waals surface area contributed by atoms with Crippen molar-refractivity contribution in [1.29, 1.82) is 0 Å². The van der Waals surface area contributed by atoms with Crippen LogP contribution in [0.15, 0.2) is 12.1 Å². The third-order valence-electron chi connectivity index (χ3n) is 2.18. The summed E-state index contributed by atoms with van der Waals surface area (Å²) in [7, 11) is 1.72. The highest BCUT2D eigenvalue weighted by Gasteiger charge is 2.12. The molecule has 1 aromatic rings. The Hall–Kier alpha value is -0.810. The van der Waals surface area contributed by atoms with E-state index < -0.39 is 11.6 Å². The number of hydrogen-bond acceptors (Lipinski definition) is 3. The summed E-state index contributed by atoms with van der Waals surface area (Å²) in [6.07, 6.45) is 2.76. The maximum atomic E-state index is 13.5. The zero-order chi connectivity index (χ0) is 12.7. The minimum absolute atomic E-state index is 0.272. The molecule has 0 radical (unpaired) electrons. The Balaban J connectivity index is 2.65. The Morgan fingerprint density at radius 2 is 1.94 bits per heavy atom. The number of hydrogen-bond donors (Lipinski definition) is 1. The fourth-order valence-corrected chi connectivity index (χ4v) is 1.84. The van der Waals surface area contributed by atoms with Crippen LogP contribution >= 0.6 is 11.8 Å². The van der Waals surface area contributed by atoms with Crippen LogP contribution in [0.4, 0.5) is 8.78 Å². The van der Waals surface area contributed by atoms with E-state index in [1.54, 1.807) is 18.8 Å². The summed E-state index contributed by atoms with van der Waals surface area (Å²) in [6.45, 7) is 0.765. The van der Waals surface area contributed by atoms with E-state index in [2.05, 4.69) is 5.32 Å². The molecule has 0 heterocycles. The maximum absolute atomic E-state index is 13.5. The van der Waals surface area contributed by atoms with Gasteiger partial charge in [0.1, 0.15) is 0 Å². The van der Waals surface area contributed by atoms with Crippen LogP contribution in [0.1, 0.15) is 12.0 Å². The van der Waals surface area contributed by atoms with E-state index in [-0.39, 0.29) is 5.75 Å². The predicted octanol–water partition coefficient (Wildman–Crippen LogP) is 2.82. The summed E-state index contributed by atoms with van der Waals surface area (Å²) in [5.41, 5.74) is 0.568. The quantitative estimate of drug-likeness (QED) is 0.763. The summed E-state index contributed by atoms with van der Waals surface area (Å²) in [5.74, 6) is -0.633. The Labute approximate surface area is 105 Å². The highest BCUT2D eigenvalue weighted by atomic mass is 32.2. The van der Waals surface area contributed by atoms with Crippen molar-refractivity contribution in [3.63, 3.8) is 0 Å². The smallest absolute Gasteiger partial charge is 0.190 e. The molecule has 1 N–H and O–H groups in total. The molecule has 0 saturated carbocycles. The van der Waals surface area contributed by atoms with Crippen molar-refractivity contribution in [2.24, 2.45) is 0 Å². The van der Waals surface area contributed by atoms with Gasteiger partial charge in [0, 0.05) is 6.54 Å². The first-order valence-corrected chi connectivity index (χ1v) is 6.82. The van der Waals surface area contributed by atoms with Gasteiger partial charge in [-0.2, -0.15) is 11.8 Å². The predicted molar refractivity (Wildman–Crippen MR) is 67.6 cm³/mol. The minimum atomic E-state index is -0.639. The van der Waals surface area contributed by atoms with Gasteiger partial charge in [0.25, 0.3) is 0 Å². The van der Waals surface area contributed by atoms with Crippen molar-refractivity contribution >= 4 is 11.8 Å². The van der Waals surface area contributed by atoms with Crippen LogP contribution in [0.25, 0.3) is 0 Å². The highest BCUT2D eigenvalue weighted by molar-refractivity contribution is 7.98. The average molecular weight is 261 g/mol. The first kappa shape index (κ1) is 14.3. The van der Waals surface area contributed by atoms with Crippen molar-refractivity contribution < 1.29 is 13.5 Å². The number of ether oxygens (including phenoxy) is 1. The standard InChI is InChI=1S/C12H17F2NOS/c1-15-8-9-6-10(13)12(11(14)7-9)16-4-3-5-17-2/h6-7,15H,3-5,8H2,1-2H3. The van der Waals surface area contributed by atoms with Crippen LogP contribution in [0.3, 0.4) is 0 Å². The normalized spacial score (nSPS) is 10.6.